The van der Waals surface area contributed by atoms with Gasteiger partial charge in [0.1, 0.15) is 5.82 Å². The van der Waals surface area contributed by atoms with Crippen LogP contribution in [0.1, 0.15) is 15.9 Å². The number of aromatic amines is 2. The first kappa shape index (κ1) is 20.1. The van der Waals surface area contributed by atoms with E-state index in [-0.39, 0.29) is 5.91 Å². The van der Waals surface area contributed by atoms with Crippen molar-refractivity contribution in [2.24, 2.45) is 4.99 Å². The Kier molecular flexibility index (Phi) is 4.37. The summed E-state index contributed by atoms with van der Waals surface area (Å²) in [7, 11) is 2.16. The van der Waals surface area contributed by atoms with Gasteiger partial charge in [0.05, 0.1) is 28.3 Å². The lowest BCUT2D eigenvalue weighted by atomic mass is 9.91. The van der Waals surface area contributed by atoms with Crippen molar-refractivity contribution in [3.8, 4) is 22.5 Å². The van der Waals surface area contributed by atoms with Crippen molar-refractivity contribution < 1.29 is 4.79 Å². The highest BCUT2D eigenvalue weighted by Gasteiger charge is 2.26. The van der Waals surface area contributed by atoms with Crippen molar-refractivity contribution >= 4 is 39.7 Å². The van der Waals surface area contributed by atoms with Crippen molar-refractivity contribution in [1.82, 2.24) is 25.1 Å². The third-order valence-corrected chi connectivity index (χ3v) is 7.14. The number of rotatable bonds is 3. The third kappa shape index (κ3) is 3.18. The van der Waals surface area contributed by atoms with Gasteiger partial charge in [0.15, 0.2) is 0 Å². The summed E-state index contributed by atoms with van der Waals surface area (Å²) in [4.78, 5) is 30.1. The highest BCUT2D eigenvalue weighted by molar-refractivity contribution is 6.20. The first-order valence-electron chi connectivity index (χ1n) is 11.8. The maximum absolute atomic E-state index is 12.9. The zero-order valence-corrected chi connectivity index (χ0v) is 19.2. The van der Waals surface area contributed by atoms with Crippen LogP contribution in [-0.2, 0) is 0 Å². The monoisotopic (exact) mass is 461 g/mol. The van der Waals surface area contributed by atoms with Gasteiger partial charge in [0.2, 0.25) is 0 Å². The molecule has 2 aliphatic rings. The molecule has 4 heterocycles. The number of fused-ring (bicyclic) bond motifs is 3. The first-order chi connectivity index (χ1) is 17.2. The molecule has 1 saturated heterocycles. The molecule has 0 aliphatic carbocycles. The lowest BCUT2D eigenvalue weighted by molar-refractivity contribution is 0.101. The van der Waals surface area contributed by atoms with Crippen molar-refractivity contribution in [2.75, 3.05) is 38.1 Å². The fourth-order valence-corrected chi connectivity index (χ4v) is 5.19. The Labute approximate surface area is 201 Å². The maximum Gasteiger partial charge on any atom is 0.278 e. The lowest BCUT2D eigenvalue weighted by Gasteiger charge is -2.34. The van der Waals surface area contributed by atoms with E-state index in [0.29, 0.717) is 11.4 Å². The highest BCUT2D eigenvalue weighted by atomic mass is 16.1. The molecule has 0 spiro atoms. The number of piperazine rings is 1. The van der Waals surface area contributed by atoms with Crippen LogP contribution < -0.4 is 4.90 Å². The van der Waals surface area contributed by atoms with Crippen molar-refractivity contribution in [3.05, 3.63) is 65.9 Å². The van der Waals surface area contributed by atoms with Crippen molar-refractivity contribution in [1.29, 1.82) is 0 Å². The van der Waals surface area contributed by atoms with Gasteiger partial charge in [-0.05, 0) is 48.5 Å². The van der Waals surface area contributed by atoms with Crippen LogP contribution in [0.2, 0.25) is 0 Å². The normalized spacial score (nSPS) is 16.0. The van der Waals surface area contributed by atoms with Crippen LogP contribution in [0.15, 0.2) is 59.7 Å². The fourth-order valence-electron chi connectivity index (χ4n) is 5.19. The molecule has 1 amide bonds. The molecule has 0 atom stereocenters. The van der Waals surface area contributed by atoms with E-state index in [1.807, 2.05) is 36.5 Å². The number of H-pyrrole nitrogens is 2. The molecule has 1 fully saturated rings. The Hall–Kier alpha value is -4.30. The number of carbonyl (C=O) groups is 1. The minimum Gasteiger partial charge on any atom is -0.369 e. The molecule has 35 heavy (non-hydrogen) atoms. The number of carbonyl (C=O) groups excluding carboxylic acids is 1. The van der Waals surface area contributed by atoms with Gasteiger partial charge in [-0.1, -0.05) is 18.2 Å². The quantitative estimate of drug-likeness (QED) is 0.422. The van der Waals surface area contributed by atoms with E-state index in [1.165, 1.54) is 5.69 Å². The van der Waals surface area contributed by atoms with Crippen molar-refractivity contribution in [3.63, 3.8) is 0 Å². The van der Waals surface area contributed by atoms with Crippen LogP contribution in [0, 0.1) is 0 Å². The van der Waals surface area contributed by atoms with Crippen LogP contribution >= 0.6 is 0 Å². The minimum absolute atomic E-state index is 0.241. The van der Waals surface area contributed by atoms with Gasteiger partial charge < -0.3 is 14.8 Å². The second-order valence-corrected chi connectivity index (χ2v) is 9.23. The number of benzene rings is 3. The van der Waals surface area contributed by atoms with Gasteiger partial charge >= 0.3 is 0 Å². The molecule has 0 saturated carbocycles. The number of imidazole rings is 1. The Morgan fingerprint density at radius 1 is 0.914 bits per heavy atom. The Morgan fingerprint density at radius 2 is 1.77 bits per heavy atom. The van der Waals surface area contributed by atoms with Gasteiger partial charge in [-0.15, -0.1) is 0 Å². The summed E-state index contributed by atoms with van der Waals surface area (Å²) < 4.78 is 0. The minimum atomic E-state index is -0.241. The molecule has 8 heteroatoms. The molecule has 0 radical (unpaired) electrons. The van der Waals surface area contributed by atoms with E-state index >= 15 is 0 Å². The van der Waals surface area contributed by atoms with Crippen LogP contribution in [0.4, 0.5) is 5.69 Å². The Bertz CT molecular complexity index is 1650. The average Bonchev–Trinajstić information content (AvgIpc) is 3.62. The zero-order chi connectivity index (χ0) is 23.5. The van der Waals surface area contributed by atoms with E-state index in [9.17, 15) is 4.79 Å². The molecule has 2 aliphatic heterocycles. The third-order valence-electron chi connectivity index (χ3n) is 7.14. The zero-order valence-electron chi connectivity index (χ0n) is 19.2. The molecule has 0 unspecified atom stereocenters. The second-order valence-electron chi connectivity index (χ2n) is 9.23. The number of hydrogen-bond donors (Lipinski definition) is 2. The smallest absolute Gasteiger partial charge is 0.278 e. The molecular weight excluding hydrogens is 438 g/mol. The van der Waals surface area contributed by atoms with Gasteiger partial charge in [-0.25, -0.2) is 9.98 Å². The molecule has 172 valence electrons. The van der Waals surface area contributed by atoms with Crippen LogP contribution in [-0.4, -0.2) is 70.4 Å². The SMILES string of the molecule is CN1CCN(c2ccc3[nH]c(-c4ccc(-c5cccc6[nH]ncc56)c5c4C(=O)N=C5)nc3c2)CC1. The summed E-state index contributed by atoms with van der Waals surface area (Å²) in [6, 6.07) is 16.4. The summed E-state index contributed by atoms with van der Waals surface area (Å²) >= 11 is 0. The molecule has 2 aromatic heterocycles. The summed E-state index contributed by atoms with van der Waals surface area (Å²) in [5, 5.41) is 8.21. The number of nitrogens with one attached hydrogen (secondary N) is 2. The summed E-state index contributed by atoms with van der Waals surface area (Å²) in [6.45, 7) is 4.11. The van der Waals surface area contributed by atoms with E-state index in [2.05, 4.69) is 55.2 Å². The molecular formula is C27H23N7O. The number of amides is 1. The number of aliphatic imine (C=N–C) groups is 1. The Morgan fingerprint density at radius 3 is 2.66 bits per heavy atom. The van der Waals surface area contributed by atoms with Gasteiger partial charge in [-0.3, -0.25) is 9.89 Å². The van der Waals surface area contributed by atoms with Crippen molar-refractivity contribution in [2.45, 2.75) is 0 Å². The lowest BCUT2D eigenvalue weighted by Crippen LogP contribution is -2.44. The number of hydrogen-bond acceptors (Lipinski definition) is 5. The number of aromatic nitrogens is 4. The number of nitrogens with zero attached hydrogens (tertiary/aromatic N) is 5. The molecule has 0 bridgehead atoms. The average molecular weight is 462 g/mol. The molecule has 2 N–H and O–H groups in total. The van der Waals surface area contributed by atoms with Crippen LogP contribution in [0.5, 0.6) is 0 Å². The topological polar surface area (TPSA) is 93.3 Å². The maximum atomic E-state index is 12.9. The second kappa shape index (κ2) is 7.61. The largest absolute Gasteiger partial charge is 0.369 e. The van der Waals surface area contributed by atoms with E-state index in [4.69, 9.17) is 4.98 Å². The van der Waals surface area contributed by atoms with Gasteiger partial charge in [0.25, 0.3) is 5.91 Å². The summed E-state index contributed by atoms with van der Waals surface area (Å²) in [5.41, 5.74) is 8.12. The summed E-state index contributed by atoms with van der Waals surface area (Å²) in [5.74, 6) is 0.438. The Balaban J connectivity index is 1.32. The standard InChI is InChI=1S/C27H23N7O/c1-33-9-11-34(12-10-33)16-5-8-23-24(13-16)31-26(30-23)19-7-6-18(21-14-28-27(35)25(19)21)17-3-2-4-22-20(17)15-29-32-22/h2-8,13-15H,9-12H2,1H3,(H,29,32)(H,30,31). The van der Waals surface area contributed by atoms with E-state index < -0.39 is 0 Å². The summed E-state index contributed by atoms with van der Waals surface area (Å²) in [6.07, 6.45) is 3.49. The molecule has 8 nitrogen and oxygen atoms in total. The molecule has 5 aromatic rings. The molecule has 3 aromatic carbocycles. The van der Waals surface area contributed by atoms with Crippen LogP contribution in [0.25, 0.3) is 44.5 Å². The van der Waals surface area contributed by atoms with Crippen LogP contribution in [0.3, 0.4) is 0 Å². The number of anilines is 1. The first-order valence-corrected chi connectivity index (χ1v) is 11.8. The fraction of sp³-hybridized carbons (Fsp3) is 0.185. The highest BCUT2D eigenvalue weighted by Crippen LogP contribution is 2.37. The molecule has 7 rings (SSSR count). The van der Waals surface area contributed by atoms with Gasteiger partial charge in [-0.2, -0.15) is 5.10 Å². The predicted molar refractivity (Wildman–Crippen MR) is 138 cm³/mol. The predicted octanol–water partition coefficient (Wildman–Crippen LogP) is 4.10. The van der Waals surface area contributed by atoms with E-state index in [1.54, 1.807) is 6.21 Å². The van der Waals surface area contributed by atoms with E-state index in [0.717, 1.165) is 70.4 Å². The van der Waals surface area contributed by atoms with Gasteiger partial charge in [0, 0.05) is 54.6 Å². The number of likely N-dealkylation sites (N-methyl/N-ethyl adjacent to an activating group) is 1.